The molecule has 2 N–H and O–H groups in total. The van der Waals surface area contributed by atoms with Crippen LogP contribution in [0.15, 0.2) is 109 Å². The van der Waals surface area contributed by atoms with Crippen molar-refractivity contribution in [2.45, 2.75) is 26.1 Å². The third-order valence-corrected chi connectivity index (χ3v) is 5.67. The lowest BCUT2D eigenvalue weighted by Crippen LogP contribution is -2.13. The van der Waals surface area contributed by atoms with Gasteiger partial charge in [0.25, 0.3) is 0 Å². The first-order valence-electron chi connectivity index (χ1n) is 11.7. The molecule has 0 radical (unpaired) electrons. The molecule has 3 nitrogen and oxygen atoms in total. The fraction of sp³-hybridized carbons (Fsp3) is 0.200. The average Bonchev–Trinajstić information content (AvgIpc) is 2.88. The van der Waals surface area contributed by atoms with Crippen LogP contribution in [0.3, 0.4) is 0 Å². The van der Waals surface area contributed by atoms with Gasteiger partial charge in [0.1, 0.15) is 12.2 Å². The van der Waals surface area contributed by atoms with E-state index in [1.807, 2.05) is 12.1 Å². The van der Waals surface area contributed by atoms with Crippen LogP contribution in [0.25, 0.3) is 0 Å². The molecule has 0 aromatic heterocycles. The van der Waals surface area contributed by atoms with Crippen molar-refractivity contribution >= 4 is 11.4 Å². The highest BCUT2D eigenvalue weighted by Gasteiger charge is 2.23. The minimum atomic E-state index is -0.194. The van der Waals surface area contributed by atoms with Crippen molar-refractivity contribution < 1.29 is 4.74 Å². The van der Waals surface area contributed by atoms with E-state index >= 15 is 0 Å². The highest BCUT2D eigenvalue weighted by Crippen LogP contribution is 2.36. The lowest BCUT2D eigenvalue weighted by molar-refractivity contribution is 0.0309. The summed E-state index contributed by atoms with van der Waals surface area (Å²) in [5.41, 5.74) is 6.78. The molecule has 0 aliphatic heterocycles. The molecule has 0 amide bonds. The normalized spacial score (nSPS) is 12.7. The van der Waals surface area contributed by atoms with Crippen molar-refractivity contribution in [3.05, 3.63) is 131 Å². The molecule has 4 rings (SSSR count). The fourth-order valence-corrected chi connectivity index (χ4v) is 4.05. The fourth-order valence-electron chi connectivity index (χ4n) is 4.05. The van der Waals surface area contributed by atoms with Gasteiger partial charge in [0.05, 0.1) is 0 Å². The van der Waals surface area contributed by atoms with E-state index < -0.39 is 0 Å². The van der Waals surface area contributed by atoms with Gasteiger partial charge in [-0.2, -0.15) is 0 Å². The van der Waals surface area contributed by atoms with E-state index in [2.05, 4.69) is 122 Å². The molecule has 168 valence electrons. The molecule has 2 unspecified atom stereocenters. The van der Waals surface area contributed by atoms with Crippen molar-refractivity contribution in [2.75, 3.05) is 23.7 Å². The molecule has 2 atom stereocenters. The summed E-state index contributed by atoms with van der Waals surface area (Å²) in [4.78, 5) is 0. The monoisotopic (exact) mass is 436 g/mol. The van der Waals surface area contributed by atoms with Crippen LogP contribution in [0, 0.1) is 0 Å². The summed E-state index contributed by atoms with van der Waals surface area (Å²) in [6.07, 6.45) is -0.388. The Bertz CT molecular complexity index is 1000. The van der Waals surface area contributed by atoms with Gasteiger partial charge in [0.2, 0.25) is 0 Å². The van der Waals surface area contributed by atoms with Crippen LogP contribution >= 0.6 is 0 Å². The zero-order valence-electron chi connectivity index (χ0n) is 19.4. The third kappa shape index (κ3) is 5.82. The SMILES string of the molecule is CCNc1ccc(C(OC(c2ccccc2)c2ccc(NCC)cc2)c2ccccc2)cc1. The second-order valence-electron chi connectivity index (χ2n) is 8.02. The molecule has 4 aromatic carbocycles. The Balaban J connectivity index is 1.72. The van der Waals surface area contributed by atoms with Gasteiger partial charge in [0.15, 0.2) is 0 Å². The minimum Gasteiger partial charge on any atom is -0.385 e. The zero-order chi connectivity index (χ0) is 22.9. The summed E-state index contributed by atoms with van der Waals surface area (Å²) in [5, 5.41) is 6.75. The van der Waals surface area contributed by atoms with Crippen LogP contribution in [-0.2, 0) is 4.74 Å². The predicted molar refractivity (Wildman–Crippen MR) is 139 cm³/mol. The van der Waals surface area contributed by atoms with E-state index in [-0.39, 0.29) is 12.2 Å². The summed E-state index contributed by atoms with van der Waals surface area (Å²) < 4.78 is 6.95. The first-order chi connectivity index (χ1) is 16.3. The number of anilines is 2. The summed E-state index contributed by atoms with van der Waals surface area (Å²) in [5.74, 6) is 0. The maximum atomic E-state index is 6.95. The van der Waals surface area contributed by atoms with Crippen molar-refractivity contribution in [2.24, 2.45) is 0 Å². The Morgan fingerprint density at radius 2 is 0.818 bits per heavy atom. The largest absolute Gasteiger partial charge is 0.385 e. The Labute approximate surface area is 197 Å². The summed E-state index contributed by atoms with van der Waals surface area (Å²) in [6, 6.07) is 38.1. The second kappa shape index (κ2) is 11.3. The van der Waals surface area contributed by atoms with E-state index in [0.29, 0.717) is 0 Å². The first-order valence-corrected chi connectivity index (χ1v) is 11.7. The molecule has 0 heterocycles. The van der Waals surface area contributed by atoms with E-state index in [1.54, 1.807) is 0 Å². The van der Waals surface area contributed by atoms with Gasteiger partial charge >= 0.3 is 0 Å². The maximum Gasteiger partial charge on any atom is 0.109 e. The number of hydrogen-bond donors (Lipinski definition) is 2. The molecule has 33 heavy (non-hydrogen) atoms. The maximum absolute atomic E-state index is 6.95. The molecule has 3 heteroatoms. The minimum absolute atomic E-state index is 0.194. The molecule has 0 spiro atoms. The predicted octanol–water partition coefficient (Wildman–Crippen LogP) is 7.45. The van der Waals surface area contributed by atoms with Gasteiger partial charge in [-0.05, 0) is 60.4 Å². The number of benzene rings is 4. The molecular weight excluding hydrogens is 404 g/mol. The van der Waals surface area contributed by atoms with Gasteiger partial charge in [-0.3, -0.25) is 0 Å². The number of nitrogens with one attached hydrogen (secondary N) is 2. The summed E-state index contributed by atoms with van der Waals surface area (Å²) in [7, 11) is 0. The van der Waals surface area contributed by atoms with E-state index in [4.69, 9.17) is 4.74 Å². The first kappa shape index (κ1) is 22.6. The Kier molecular flexibility index (Phi) is 7.78. The number of rotatable bonds is 10. The molecule has 0 bridgehead atoms. The number of ether oxygens (including phenoxy) is 1. The highest BCUT2D eigenvalue weighted by atomic mass is 16.5. The Morgan fingerprint density at radius 1 is 0.485 bits per heavy atom. The quantitative estimate of drug-likeness (QED) is 0.271. The third-order valence-electron chi connectivity index (χ3n) is 5.67. The van der Waals surface area contributed by atoms with Crippen molar-refractivity contribution in [1.29, 1.82) is 0 Å². The van der Waals surface area contributed by atoms with Crippen molar-refractivity contribution in [3.63, 3.8) is 0 Å². The zero-order valence-corrected chi connectivity index (χ0v) is 19.4. The molecule has 0 saturated heterocycles. The van der Waals surface area contributed by atoms with Crippen LogP contribution in [0.2, 0.25) is 0 Å². The van der Waals surface area contributed by atoms with Gasteiger partial charge in [0, 0.05) is 24.5 Å². The second-order valence-corrected chi connectivity index (χ2v) is 8.02. The van der Waals surface area contributed by atoms with Gasteiger partial charge in [-0.15, -0.1) is 0 Å². The molecule has 4 aromatic rings. The van der Waals surface area contributed by atoms with E-state index in [0.717, 1.165) is 46.7 Å². The smallest absolute Gasteiger partial charge is 0.109 e. The standard InChI is InChI=1S/C30H32N2O/c1-3-31-27-19-15-25(16-20-27)29(23-11-7-5-8-12-23)33-30(24-13-9-6-10-14-24)26-17-21-28(22-18-26)32-4-2/h5-22,29-32H,3-4H2,1-2H3. The van der Waals surface area contributed by atoms with Crippen molar-refractivity contribution in [1.82, 2.24) is 0 Å². The Morgan fingerprint density at radius 3 is 1.15 bits per heavy atom. The summed E-state index contributed by atoms with van der Waals surface area (Å²) in [6.45, 7) is 6.01. The number of hydrogen-bond acceptors (Lipinski definition) is 3. The molecule has 0 fully saturated rings. The average molecular weight is 437 g/mol. The lowest BCUT2D eigenvalue weighted by Gasteiger charge is -2.27. The van der Waals surface area contributed by atoms with Gasteiger partial charge in [-0.25, -0.2) is 0 Å². The van der Waals surface area contributed by atoms with Crippen molar-refractivity contribution in [3.8, 4) is 0 Å². The Hall–Kier alpha value is -3.56. The summed E-state index contributed by atoms with van der Waals surface area (Å²) >= 11 is 0. The van der Waals surface area contributed by atoms with Gasteiger partial charge in [-0.1, -0.05) is 84.9 Å². The molecule has 0 saturated carbocycles. The molecular formula is C30H32N2O. The highest BCUT2D eigenvalue weighted by molar-refractivity contribution is 5.47. The molecule has 0 aliphatic rings. The van der Waals surface area contributed by atoms with E-state index in [9.17, 15) is 0 Å². The van der Waals surface area contributed by atoms with Crippen LogP contribution in [0.1, 0.15) is 48.3 Å². The van der Waals surface area contributed by atoms with Gasteiger partial charge < -0.3 is 15.4 Å². The van der Waals surface area contributed by atoms with E-state index in [1.165, 1.54) is 0 Å². The molecule has 0 aliphatic carbocycles. The lowest BCUT2D eigenvalue weighted by atomic mass is 9.97. The topological polar surface area (TPSA) is 33.3 Å². The van der Waals surface area contributed by atoms with Crippen LogP contribution in [0.5, 0.6) is 0 Å². The van der Waals surface area contributed by atoms with Crippen LogP contribution < -0.4 is 10.6 Å². The van der Waals surface area contributed by atoms with Crippen LogP contribution in [0.4, 0.5) is 11.4 Å². The van der Waals surface area contributed by atoms with Crippen LogP contribution in [-0.4, -0.2) is 13.1 Å².